The van der Waals surface area contributed by atoms with E-state index in [9.17, 15) is 0 Å². The van der Waals surface area contributed by atoms with Gasteiger partial charge in [-0.1, -0.05) is 18.2 Å². The molecule has 0 heterocycles. The second kappa shape index (κ2) is 5.24. The van der Waals surface area contributed by atoms with Crippen LogP contribution in [0.3, 0.4) is 0 Å². The molecule has 0 spiro atoms. The molecule has 0 aromatic heterocycles. The number of nitrogens with zero attached hydrogens (tertiary/aromatic N) is 1. The van der Waals surface area contributed by atoms with Gasteiger partial charge in [-0.3, -0.25) is 4.99 Å². The molecule has 0 aliphatic carbocycles. The molecule has 2 heteroatoms. The molecule has 56 valence electrons. The third kappa shape index (κ3) is 5.57. The molecule has 0 radical (unpaired) electrons. The highest BCUT2D eigenvalue weighted by molar-refractivity contribution is 6.31. The Labute approximate surface area is 67.1 Å². The largest absolute Gasteiger partial charge is 0.293 e. The molecule has 0 rings (SSSR count). The Morgan fingerprint density at radius 3 is 2.70 bits per heavy atom. The van der Waals surface area contributed by atoms with Crippen molar-refractivity contribution in [3.8, 4) is 0 Å². The fourth-order valence-electron chi connectivity index (χ4n) is 0.520. The van der Waals surface area contributed by atoms with Crippen molar-refractivity contribution in [1.82, 2.24) is 0 Å². The Morgan fingerprint density at radius 1 is 1.70 bits per heavy atom. The van der Waals surface area contributed by atoms with Gasteiger partial charge >= 0.3 is 0 Å². The van der Waals surface area contributed by atoms with Crippen LogP contribution in [0.1, 0.15) is 13.8 Å². The standard InChI is InChI=1S/C8H12ClN/c1-4-10-6-7(2)5-8(3)9/h5-6H,3-4H2,1-2H3/b7-5-,10-6?. The molecule has 0 unspecified atom stereocenters. The molecule has 0 atom stereocenters. The first-order chi connectivity index (χ1) is 4.66. The van der Waals surface area contributed by atoms with Crippen LogP contribution in [0, 0.1) is 0 Å². The van der Waals surface area contributed by atoms with E-state index in [-0.39, 0.29) is 0 Å². The van der Waals surface area contributed by atoms with E-state index in [1.807, 2.05) is 13.8 Å². The molecule has 0 aromatic carbocycles. The van der Waals surface area contributed by atoms with E-state index in [2.05, 4.69) is 11.6 Å². The number of hydrogen-bond donors (Lipinski definition) is 0. The number of halogens is 1. The Morgan fingerprint density at radius 2 is 2.30 bits per heavy atom. The number of allylic oxidation sites excluding steroid dienone is 3. The van der Waals surface area contributed by atoms with Crippen molar-refractivity contribution >= 4 is 17.8 Å². The fourth-order valence-corrected chi connectivity index (χ4v) is 0.692. The fraction of sp³-hybridized carbons (Fsp3) is 0.375. The minimum Gasteiger partial charge on any atom is -0.293 e. The molecular weight excluding hydrogens is 146 g/mol. The van der Waals surface area contributed by atoms with Crippen LogP contribution < -0.4 is 0 Å². The van der Waals surface area contributed by atoms with Gasteiger partial charge in [-0.15, -0.1) is 0 Å². The van der Waals surface area contributed by atoms with Gasteiger partial charge in [0.1, 0.15) is 0 Å². The summed E-state index contributed by atoms with van der Waals surface area (Å²) >= 11 is 5.52. The predicted molar refractivity (Wildman–Crippen MR) is 47.8 cm³/mol. The third-order valence-electron chi connectivity index (χ3n) is 0.862. The van der Waals surface area contributed by atoms with Gasteiger partial charge in [-0.25, -0.2) is 0 Å². The van der Waals surface area contributed by atoms with Gasteiger partial charge in [0, 0.05) is 17.8 Å². The Kier molecular flexibility index (Phi) is 4.95. The van der Waals surface area contributed by atoms with Gasteiger partial charge in [0.15, 0.2) is 0 Å². The van der Waals surface area contributed by atoms with Crippen LogP contribution >= 0.6 is 11.6 Å². The lowest BCUT2D eigenvalue weighted by atomic mass is 10.3. The first-order valence-corrected chi connectivity index (χ1v) is 3.57. The lowest BCUT2D eigenvalue weighted by molar-refractivity contribution is 1.14. The molecule has 0 aliphatic heterocycles. The van der Waals surface area contributed by atoms with Crippen LogP contribution in [0.4, 0.5) is 0 Å². The quantitative estimate of drug-likeness (QED) is 0.441. The summed E-state index contributed by atoms with van der Waals surface area (Å²) in [4.78, 5) is 4.03. The van der Waals surface area contributed by atoms with Crippen LogP contribution in [0.5, 0.6) is 0 Å². The maximum atomic E-state index is 5.52. The van der Waals surface area contributed by atoms with Gasteiger partial charge < -0.3 is 0 Å². The SMILES string of the molecule is C=C(Cl)/C=C(/C)C=NCC. The Balaban J connectivity index is 3.94. The number of rotatable bonds is 3. The van der Waals surface area contributed by atoms with Crippen molar-refractivity contribution in [1.29, 1.82) is 0 Å². The lowest BCUT2D eigenvalue weighted by Gasteiger charge is -1.88. The summed E-state index contributed by atoms with van der Waals surface area (Å²) in [5.74, 6) is 0. The van der Waals surface area contributed by atoms with E-state index >= 15 is 0 Å². The first kappa shape index (κ1) is 9.44. The van der Waals surface area contributed by atoms with Gasteiger partial charge in [0.2, 0.25) is 0 Å². The molecule has 10 heavy (non-hydrogen) atoms. The molecule has 0 amide bonds. The first-order valence-electron chi connectivity index (χ1n) is 3.19. The molecule has 0 bridgehead atoms. The molecule has 0 aromatic rings. The van der Waals surface area contributed by atoms with Gasteiger partial charge in [-0.2, -0.15) is 0 Å². The molecule has 1 nitrogen and oxygen atoms in total. The number of aliphatic imine (C=N–C) groups is 1. The van der Waals surface area contributed by atoms with Crippen LogP contribution in [-0.2, 0) is 0 Å². The summed E-state index contributed by atoms with van der Waals surface area (Å²) in [6.45, 7) is 8.26. The normalized spacial score (nSPS) is 12.5. The molecule has 0 fully saturated rings. The van der Waals surface area contributed by atoms with Crippen LogP contribution in [0.15, 0.2) is 28.3 Å². The molecule has 0 aliphatic rings. The highest BCUT2D eigenvalue weighted by atomic mass is 35.5. The minimum absolute atomic E-state index is 0.542. The minimum atomic E-state index is 0.542. The van der Waals surface area contributed by atoms with Gasteiger partial charge in [-0.05, 0) is 25.5 Å². The lowest BCUT2D eigenvalue weighted by Crippen LogP contribution is -1.78. The van der Waals surface area contributed by atoms with Crippen molar-refractivity contribution in [2.75, 3.05) is 6.54 Å². The third-order valence-corrected chi connectivity index (χ3v) is 0.971. The number of hydrogen-bond acceptors (Lipinski definition) is 1. The zero-order chi connectivity index (χ0) is 7.98. The highest BCUT2D eigenvalue weighted by Gasteiger charge is 1.82. The average molecular weight is 158 g/mol. The second-order valence-corrected chi connectivity index (χ2v) is 2.45. The van der Waals surface area contributed by atoms with Gasteiger partial charge in [0.05, 0.1) is 0 Å². The predicted octanol–water partition coefficient (Wildman–Crippen LogP) is 2.78. The summed E-state index contributed by atoms with van der Waals surface area (Å²) in [7, 11) is 0. The van der Waals surface area contributed by atoms with Crippen molar-refractivity contribution in [3.05, 3.63) is 23.3 Å². The average Bonchev–Trinajstić information content (AvgIpc) is 1.82. The Hall–Kier alpha value is -0.560. The molecule has 0 saturated carbocycles. The topological polar surface area (TPSA) is 12.4 Å². The highest BCUT2D eigenvalue weighted by Crippen LogP contribution is 2.01. The van der Waals surface area contributed by atoms with Crippen molar-refractivity contribution in [2.45, 2.75) is 13.8 Å². The van der Waals surface area contributed by atoms with Crippen molar-refractivity contribution < 1.29 is 0 Å². The summed E-state index contributed by atoms with van der Waals surface area (Å²) in [5.41, 5.74) is 1.03. The van der Waals surface area contributed by atoms with E-state index in [0.717, 1.165) is 12.1 Å². The van der Waals surface area contributed by atoms with Gasteiger partial charge in [0.25, 0.3) is 0 Å². The summed E-state index contributed by atoms with van der Waals surface area (Å²) in [6.07, 6.45) is 3.56. The molecule has 0 saturated heterocycles. The molecular formula is C8H12ClN. The maximum Gasteiger partial charge on any atom is 0.0361 e. The van der Waals surface area contributed by atoms with Crippen molar-refractivity contribution in [2.24, 2.45) is 4.99 Å². The monoisotopic (exact) mass is 157 g/mol. The summed E-state index contributed by atoms with van der Waals surface area (Å²) in [5, 5.41) is 0.542. The summed E-state index contributed by atoms with van der Waals surface area (Å²) < 4.78 is 0. The molecule has 0 N–H and O–H groups in total. The summed E-state index contributed by atoms with van der Waals surface area (Å²) in [6, 6.07) is 0. The van der Waals surface area contributed by atoms with E-state index in [4.69, 9.17) is 11.6 Å². The van der Waals surface area contributed by atoms with Crippen LogP contribution in [0.2, 0.25) is 0 Å². The van der Waals surface area contributed by atoms with Crippen LogP contribution in [0.25, 0.3) is 0 Å². The second-order valence-electron chi connectivity index (χ2n) is 1.96. The van der Waals surface area contributed by atoms with E-state index < -0.39 is 0 Å². The smallest absolute Gasteiger partial charge is 0.0361 e. The van der Waals surface area contributed by atoms with Crippen molar-refractivity contribution in [3.63, 3.8) is 0 Å². The van der Waals surface area contributed by atoms with E-state index in [1.54, 1.807) is 12.3 Å². The van der Waals surface area contributed by atoms with Crippen LogP contribution in [-0.4, -0.2) is 12.8 Å². The zero-order valence-electron chi connectivity index (χ0n) is 6.39. The van der Waals surface area contributed by atoms with E-state index in [0.29, 0.717) is 5.03 Å². The maximum absolute atomic E-state index is 5.52. The van der Waals surface area contributed by atoms with E-state index in [1.165, 1.54) is 0 Å². The zero-order valence-corrected chi connectivity index (χ0v) is 7.15. The Bertz CT molecular complexity index is 168.